The Kier molecular flexibility index (Phi) is 3.77. The summed E-state index contributed by atoms with van der Waals surface area (Å²) < 4.78 is 18.1. The van der Waals surface area contributed by atoms with Crippen molar-refractivity contribution in [2.45, 2.75) is 20.0 Å². The molecular weight excluding hydrogens is 183 g/mol. The normalized spacial score (nSPS) is 12.5. The number of carbonyl (C=O) groups is 1. The minimum absolute atomic E-state index is 0.113. The Balaban J connectivity index is 2.93. The summed E-state index contributed by atoms with van der Waals surface area (Å²) in [5, 5.41) is 0. The Hall–Kier alpha value is -1.22. The van der Waals surface area contributed by atoms with Crippen LogP contribution in [0.25, 0.3) is 0 Å². The van der Waals surface area contributed by atoms with Gasteiger partial charge in [0.1, 0.15) is 11.9 Å². The minimum atomic E-state index is -0.643. The number of carbonyl (C=O) groups excluding carboxylic acids is 1. The second-order valence-electron chi connectivity index (χ2n) is 3.00. The SMILES string of the molecule is CCOC(C(C)=O)c1cccc(F)c1. The van der Waals surface area contributed by atoms with Gasteiger partial charge in [0.25, 0.3) is 0 Å². The minimum Gasteiger partial charge on any atom is -0.366 e. The zero-order chi connectivity index (χ0) is 10.6. The monoisotopic (exact) mass is 196 g/mol. The zero-order valence-corrected chi connectivity index (χ0v) is 8.29. The summed E-state index contributed by atoms with van der Waals surface area (Å²) in [5.41, 5.74) is 0.569. The summed E-state index contributed by atoms with van der Waals surface area (Å²) in [6.45, 7) is 3.67. The molecule has 3 heteroatoms. The van der Waals surface area contributed by atoms with Gasteiger partial charge in [-0.15, -0.1) is 0 Å². The van der Waals surface area contributed by atoms with Gasteiger partial charge in [-0.2, -0.15) is 0 Å². The number of ether oxygens (including phenoxy) is 1. The van der Waals surface area contributed by atoms with Gasteiger partial charge in [0.05, 0.1) is 0 Å². The van der Waals surface area contributed by atoms with Crippen molar-refractivity contribution in [2.24, 2.45) is 0 Å². The lowest BCUT2D eigenvalue weighted by atomic mass is 10.1. The Morgan fingerprint density at radius 2 is 2.29 bits per heavy atom. The molecule has 0 fully saturated rings. The highest BCUT2D eigenvalue weighted by Gasteiger charge is 2.16. The molecule has 1 aromatic rings. The highest BCUT2D eigenvalue weighted by molar-refractivity contribution is 5.81. The highest BCUT2D eigenvalue weighted by atomic mass is 19.1. The molecule has 0 radical (unpaired) electrons. The van der Waals surface area contributed by atoms with E-state index in [0.29, 0.717) is 12.2 Å². The van der Waals surface area contributed by atoms with Gasteiger partial charge in [0.2, 0.25) is 0 Å². The molecule has 0 N–H and O–H groups in total. The molecule has 0 saturated heterocycles. The Labute approximate surface area is 82.7 Å². The molecule has 0 aliphatic carbocycles. The molecule has 2 nitrogen and oxygen atoms in total. The number of benzene rings is 1. The molecule has 0 heterocycles. The molecule has 1 unspecified atom stereocenters. The Morgan fingerprint density at radius 1 is 1.57 bits per heavy atom. The topological polar surface area (TPSA) is 26.3 Å². The smallest absolute Gasteiger partial charge is 0.163 e. The molecule has 0 saturated carbocycles. The van der Waals surface area contributed by atoms with Crippen LogP contribution < -0.4 is 0 Å². The van der Waals surface area contributed by atoms with E-state index in [4.69, 9.17) is 4.74 Å². The zero-order valence-electron chi connectivity index (χ0n) is 8.29. The molecule has 0 amide bonds. The van der Waals surface area contributed by atoms with E-state index in [1.54, 1.807) is 19.1 Å². The van der Waals surface area contributed by atoms with Crippen molar-refractivity contribution in [3.05, 3.63) is 35.6 Å². The fraction of sp³-hybridized carbons (Fsp3) is 0.364. The molecule has 1 rings (SSSR count). The van der Waals surface area contributed by atoms with E-state index in [9.17, 15) is 9.18 Å². The third-order valence-electron chi connectivity index (χ3n) is 1.85. The van der Waals surface area contributed by atoms with Gasteiger partial charge in [0, 0.05) is 6.61 Å². The number of Topliss-reactive ketones (excluding diaryl/α,β-unsaturated/α-hetero) is 1. The summed E-state index contributed by atoms with van der Waals surface area (Å²) in [6, 6.07) is 5.92. The van der Waals surface area contributed by atoms with Gasteiger partial charge in [-0.1, -0.05) is 12.1 Å². The van der Waals surface area contributed by atoms with E-state index < -0.39 is 6.10 Å². The molecule has 76 valence electrons. The van der Waals surface area contributed by atoms with Crippen LogP contribution in [0.15, 0.2) is 24.3 Å². The van der Waals surface area contributed by atoms with Crippen LogP contribution in [0, 0.1) is 5.82 Å². The van der Waals surface area contributed by atoms with Gasteiger partial charge in [-0.3, -0.25) is 4.79 Å². The maximum atomic E-state index is 12.9. The Bertz CT molecular complexity index is 323. The molecule has 0 aliphatic rings. The summed E-state index contributed by atoms with van der Waals surface area (Å²) >= 11 is 0. The quantitative estimate of drug-likeness (QED) is 0.739. The van der Waals surface area contributed by atoms with Crippen LogP contribution in [0.5, 0.6) is 0 Å². The molecule has 1 atom stereocenters. The summed E-state index contributed by atoms with van der Waals surface area (Å²) in [5.74, 6) is -0.467. The summed E-state index contributed by atoms with van der Waals surface area (Å²) in [4.78, 5) is 11.2. The average Bonchev–Trinajstić information content (AvgIpc) is 2.13. The van der Waals surface area contributed by atoms with E-state index in [2.05, 4.69) is 0 Å². The summed E-state index contributed by atoms with van der Waals surface area (Å²) in [6.07, 6.45) is -0.643. The fourth-order valence-electron chi connectivity index (χ4n) is 1.28. The van der Waals surface area contributed by atoms with Gasteiger partial charge in [0.15, 0.2) is 5.78 Å². The van der Waals surface area contributed by atoms with Crippen LogP contribution in [0.2, 0.25) is 0 Å². The van der Waals surface area contributed by atoms with Gasteiger partial charge >= 0.3 is 0 Å². The van der Waals surface area contributed by atoms with E-state index >= 15 is 0 Å². The highest BCUT2D eigenvalue weighted by Crippen LogP contribution is 2.18. The first kappa shape index (κ1) is 10.9. The molecule has 1 aromatic carbocycles. The average molecular weight is 196 g/mol. The van der Waals surface area contributed by atoms with Crippen molar-refractivity contribution in [3.63, 3.8) is 0 Å². The number of halogens is 1. The van der Waals surface area contributed by atoms with Gasteiger partial charge < -0.3 is 4.74 Å². The van der Waals surface area contributed by atoms with Crippen LogP contribution >= 0.6 is 0 Å². The number of ketones is 1. The van der Waals surface area contributed by atoms with Crippen LogP contribution in [0.4, 0.5) is 4.39 Å². The van der Waals surface area contributed by atoms with Crippen LogP contribution in [0.1, 0.15) is 25.5 Å². The standard InChI is InChI=1S/C11H13FO2/c1-3-14-11(8(2)13)9-5-4-6-10(12)7-9/h4-7,11H,3H2,1-2H3. The van der Waals surface area contributed by atoms with Crippen molar-refractivity contribution < 1.29 is 13.9 Å². The largest absolute Gasteiger partial charge is 0.366 e. The van der Waals surface area contributed by atoms with Gasteiger partial charge in [-0.25, -0.2) is 4.39 Å². The molecule has 0 aromatic heterocycles. The number of rotatable bonds is 4. The van der Waals surface area contributed by atoms with Crippen molar-refractivity contribution in [3.8, 4) is 0 Å². The first-order chi connectivity index (χ1) is 6.65. The molecular formula is C11H13FO2. The second kappa shape index (κ2) is 4.86. The number of hydrogen-bond acceptors (Lipinski definition) is 2. The predicted octanol–water partition coefficient (Wildman–Crippen LogP) is 2.49. The van der Waals surface area contributed by atoms with E-state index in [1.165, 1.54) is 19.1 Å². The van der Waals surface area contributed by atoms with Crippen molar-refractivity contribution in [1.29, 1.82) is 0 Å². The second-order valence-corrected chi connectivity index (χ2v) is 3.00. The van der Waals surface area contributed by atoms with Crippen molar-refractivity contribution in [1.82, 2.24) is 0 Å². The van der Waals surface area contributed by atoms with Crippen LogP contribution in [0.3, 0.4) is 0 Å². The maximum Gasteiger partial charge on any atom is 0.163 e. The van der Waals surface area contributed by atoms with E-state index in [0.717, 1.165) is 0 Å². The van der Waals surface area contributed by atoms with E-state index in [1.807, 2.05) is 0 Å². The third-order valence-corrected chi connectivity index (χ3v) is 1.85. The van der Waals surface area contributed by atoms with Crippen molar-refractivity contribution >= 4 is 5.78 Å². The molecule has 0 bridgehead atoms. The lowest BCUT2D eigenvalue weighted by molar-refractivity contribution is -0.128. The summed E-state index contributed by atoms with van der Waals surface area (Å²) in [7, 11) is 0. The predicted molar refractivity (Wildman–Crippen MR) is 51.4 cm³/mol. The lowest BCUT2D eigenvalue weighted by Gasteiger charge is -2.13. The first-order valence-corrected chi connectivity index (χ1v) is 4.52. The van der Waals surface area contributed by atoms with Crippen molar-refractivity contribution in [2.75, 3.05) is 6.61 Å². The molecule has 0 spiro atoms. The first-order valence-electron chi connectivity index (χ1n) is 4.52. The third kappa shape index (κ3) is 2.64. The van der Waals surface area contributed by atoms with E-state index in [-0.39, 0.29) is 11.6 Å². The van der Waals surface area contributed by atoms with Crippen LogP contribution in [-0.4, -0.2) is 12.4 Å². The lowest BCUT2D eigenvalue weighted by Crippen LogP contribution is -2.13. The van der Waals surface area contributed by atoms with Crippen LogP contribution in [-0.2, 0) is 9.53 Å². The maximum absolute atomic E-state index is 12.9. The van der Waals surface area contributed by atoms with Gasteiger partial charge in [-0.05, 0) is 31.5 Å². The molecule has 14 heavy (non-hydrogen) atoms. The fourth-order valence-corrected chi connectivity index (χ4v) is 1.28. The number of hydrogen-bond donors (Lipinski definition) is 0. The molecule has 0 aliphatic heterocycles. The Morgan fingerprint density at radius 3 is 2.79 bits per heavy atom.